The molecule has 0 saturated carbocycles. The van der Waals surface area contributed by atoms with Gasteiger partial charge in [0, 0.05) is 13.6 Å². The van der Waals surface area contributed by atoms with Gasteiger partial charge in [0.25, 0.3) is 0 Å². The van der Waals surface area contributed by atoms with Gasteiger partial charge in [-0.2, -0.15) is 0 Å². The summed E-state index contributed by atoms with van der Waals surface area (Å²) in [7, 11) is 1.74. The van der Waals surface area contributed by atoms with Crippen LogP contribution in [0.15, 0.2) is 33.7 Å². The predicted octanol–water partition coefficient (Wildman–Crippen LogP) is 3.35. The van der Waals surface area contributed by atoms with Crippen LogP contribution in [-0.2, 0) is 6.54 Å². The van der Waals surface area contributed by atoms with E-state index in [-0.39, 0.29) is 24.0 Å². The zero-order valence-corrected chi connectivity index (χ0v) is 17.6. The van der Waals surface area contributed by atoms with E-state index in [9.17, 15) is 0 Å². The first-order chi connectivity index (χ1) is 11.6. The number of nitrogens with zero attached hydrogens (tertiary/aromatic N) is 2. The topological polar surface area (TPSA) is 71.7 Å². The summed E-state index contributed by atoms with van der Waals surface area (Å²) in [6, 6.07) is 8.07. The third-order valence-electron chi connectivity index (χ3n) is 3.61. The highest BCUT2D eigenvalue weighted by Gasteiger charge is 2.06. The van der Waals surface area contributed by atoms with Crippen molar-refractivity contribution in [3.63, 3.8) is 0 Å². The Bertz CT molecular complexity index is 649. The minimum Gasteiger partial charge on any atom is -0.494 e. The van der Waals surface area contributed by atoms with E-state index in [2.05, 4.69) is 27.5 Å². The minimum absolute atomic E-state index is 0. The molecule has 138 valence electrons. The molecule has 0 aliphatic carbocycles. The number of rotatable bonds is 7. The molecule has 0 fully saturated rings. The molecule has 0 atom stereocenters. The molecule has 2 aromatic rings. The first-order valence-corrected chi connectivity index (χ1v) is 8.15. The van der Waals surface area contributed by atoms with Gasteiger partial charge in [0.1, 0.15) is 11.5 Å². The van der Waals surface area contributed by atoms with Gasteiger partial charge in [-0.05, 0) is 39.3 Å². The number of nitrogens with one attached hydrogen (secondary N) is 2. The summed E-state index contributed by atoms with van der Waals surface area (Å²) in [6.45, 7) is 7.85. The highest BCUT2D eigenvalue weighted by Crippen LogP contribution is 2.11. The van der Waals surface area contributed by atoms with E-state index < -0.39 is 0 Å². The molecule has 25 heavy (non-hydrogen) atoms. The van der Waals surface area contributed by atoms with Crippen LogP contribution < -0.4 is 15.4 Å². The number of aromatic nitrogens is 1. The second-order valence-electron chi connectivity index (χ2n) is 5.62. The lowest BCUT2D eigenvalue weighted by Crippen LogP contribution is -2.37. The second-order valence-corrected chi connectivity index (χ2v) is 5.62. The van der Waals surface area contributed by atoms with E-state index in [4.69, 9.17) is 9.15 Å². The maximum atomic E-state index is 5.70. The van der Waals surface area contributed by atoms with Crippen molar-refractivity contribution >= 4 is 29.9 Å². The number of aliphatic imine (C=N–C) groups is 1. The van der Waals surface area contributed by atoms with E-state index in [1.165, 1.54) is 5.56 Å². The average Bonchev–Trinajstić information content (AvgIpc) is 2.90. The Morgan fingerprint density at radius 3 is 2.48 bits per heavy atom. The van der Waals surface area contributed by atoms with Crippen LogP contribution in [0.25, 0.3) is 0 Å². The molecule has 0 aliphatic heterocycles. The molecule has 0 aliphatic rings. The van der Waals surface area contributed by atoms with Gasteiger partial charge in [0.05, 0.1) is 18.8 Å². The second kappa shape index (κ2) is 11.0. The van der Waals surface area contributed by atoms with Gasteiger partial charge in [-0.3, -0.25) is 4.99 Å². The summed E-state index contributed by atoms with van der Waals surface area (Å²) in [5.41, 5.74) is 2.15. The molecule has 1 aromatic carbocycles. The zero-order valence-electron chi connectivity index (χ0n) is 15.3. The number of hydrogen-bond acceptors (Lipinski definition) is 4. The number of oxazole rings is 1. The summed E-state index contributed by atoms with van der Waals surface area (Å²) in [5.74, 6) is 3.13. The van der Waals surface area contributed by atoms with Crippen LogP contribution in [0, 0.1) is 20.8 Å². The van der Waals surface area contributed by atoms with Crippen molar-refractivity contribution < 1.29 is 9.15 Å². The van der Waals surface area contributed by atoms with Crippen molar-refractivity contribution in [1.29, 1.82) is 0 Å². The Kier molecular flexibility index (Phi) is 9.33. The first kappa shape index (κ1) is 21.3. The van der Waals surface area contributed by atoms with Crippen molar-refractivity contribution in [2.45, 2.75) is 33.7 Å². The van der Waals surface area contributed by atoms with Crippen LogP contribution in [0.1, 0.15) is 29.3 Å². The fourth-order valence-electron chi connectivity index (χ4n) is 2.10. The van der Waals surface area contributed by atoms with Gasteiger partial charge in [0.15, 0.2) is 5.96 Å². The van der Waals surface area contributed by atoms with Gasteiger partial charge in [0.2, 0.25) is 5.89 Å². The van der Waals surface area contributed by atoms with E-state index in [0.717, 1.165) is 36.1 Å². The van der Waals surface area contributed by atoms with Crippen LogP contribution in [0.4, 0.5) is 0 Å². The summed E-state index contributed by atoms with van der Waals surface area (Å²) in [5, 5.41) is 6.43. The number of guanidine groups is 1. The molecule has 0 saturated heterocycles. The number of halogens is 1. The van der Waals surface area contributed by atoms with E-state index in [0.29, 0.717) is 19.0 Å². The van der Waals surface area contributed by atoms with Crippen LogP contribution in [0.2, 0.25) is 0 Å². The molecule has 0 spiro atoms. The lowest BCUT2D eigenvalue weighted by atomic mass is 10.2. The fourth-order valence-corrected chi connectivity index (χ4v) is 2.10. The molecular formula is C18H27IN4O2. The standard InChI is InChI=1S/C18H26N4O2.HI/c1-13-6-8-16(9-7-13)23-11-5-10-20-18(19-4)21-12-17-22-14(2)15(3)24-17;/h6-9H,5,10-12H2,1-4H3,(H2,19,20,21);1H. The number of hydrogen-bond donors (Lipinski definition) is 2. The van der Waals surface area contributed by atoms with Crippen molar-refractivity contribution in [2.75, 3.05) is 20.2 Å². The normalized spacial score (nSPS) is 11.0. The summed E-state index contributed by atoms with van der Waals surface area (Å²) < 4.78 is 11.2. The first-order valence-electron chi connectivity index (χ1n) is 8.15. The van der Waals surface area contributed by atoms with Crippen LogP contribution >= 0.6 is 24.0 Å². The third-order valence-corrected chi connectivity index (χ3v) is 3.61. The minimum atomic E-state index is 0. The average molecular weight is 458 g/mol. The highest BCUT2D eigenvalue weighted by molar-refractivity contribution is 14.0. The van der Waals surface area contributed by atoms with Gasteiger partial charge in [-0.1, -0.05) is 17.7 Å². The number of ether oxygens (including phenoxy) is 1. The molecule has 1 aromatic heterocycles. The molecule has 0 radical (unpaired) electrons. The SMILES string of the molecule is CN=C(NCCCOc1ccc(C)cc1)NCc1nc(C)c(C)o1.I. The molecule has 0 bridgehead atoms. The molecular weight excluding hydrogens is 431 g/mol. The summed E-state index contributed by atoms with van der Waals surface area (Å²) in [4.78, 5) is 8.52. The highest BCUT2D eigenvalue weighted by atomic mass is 127. The molecule has 6 nitrogen and oxygen atoms in total. The molecule has 2 rings (SSSR count). The Labute approximate surface area is 166 Å². The van der Waals surface area contributed by atoms with Crippen LogP contribution in [-0.4, -0.2) is 31.1 Å². The molecule has 7 heteroatoms. The number of aryl methyl sites for hydroxylation is 3. The maximum Gasteiger partial charge on any atom is 0.214 e. The maximum absolute atomic E-state index is 5.70. The van der Waals surface area contributed by atoms with E-state index in [1.807, 2.05) is 38.1 Å². The zero-order chi connectivity index (χ0) is 17.4. The van der Waals surface area contributed by atoms with Gasteiger partial charge >= 0.3 is 0 Å². The molecule has 2 N–H and O–H groups in total. The van der Waals surface area contributed by atoms with Crippen molar-refractivity contribution in [2.24, 2.45) is 4.99 Å². The van der Waals surface area contributed by atoms with Gasteiger partial charge < -0.3 is 19.8 Å². The number of benzene rings is 1. The summed E-state index contributed by atoms with van der Waals surface area (Å²) in [6.07, 6.45) is 0.881. The van der Waals surface area contributed by atoms with E-state index >= 15 is 0 Å². The van der Waals surface area contributed by atoms with Gasteiger partial charge in [-0.25, -0.2) is 4.98 Å². The Hall–Kier alpha value is -1.77. The summed E-state index contributed by atoms with van der Waals surface area (Å²) >= 11 is 0. The fraction of sp³-hybridized carbons (Fsp3) is 0.444. The smallest absolute Gasteiger partial charge is 0.214 e. The van der Waals surface area contributed by atoms with Crippen LogP contribution in [0.5, 0.6) is 5.75 Å². The monoisotopic (exact) mass is 458 g/mol. The van der Waals surface area contributed by atoms with Gasteiger partial charge in [-0.15, -0.1) is 24.0 Å². The van der Waals surface area contributed by atoms with Crippen LogP contribution in [0.3, 0.4) is 0 Å². The lowest BCUT2D eigenvalue weighted by molar-refractivity contribution is 0.311. The lowest BCUT2D eigenvalue weighted by Gasteiger charge is -2.11. The van der Waals surface area contributed by atoms with Crippen molar-refractivity contribution in [3.05, 3.63) is 47.2 Å². The van der Waals surface area contributed by atoms with Crippen molar-refractivity contribution in [3.8, 4) is 5.75 Å². The Morgan fingerprint density at radius 1 is 1.16 bits per heavy atom. The van der Waals surface area contributed by atoms with E-state index in [1.54, 1.807) is 7.05 Å². The Balaban J connectivity index is 0.00000312. The quantitative estimate of drug-likeness (QED) is 0.288. The largest absolute Gasteiger partial charge is 0.494 e. The Morgan fingerprint density at radius 2 is 1.88 bits per heavy atom. The molecule has 0 amide bonds. The predicted molar refractivity (Wildman–Crippen MR) is 111 cm³/mol. The molecule has 1 heterocycles. The third kappa shape index (κ3) is 7.33. The molecule has 0 unspecified atom stereocenters. The van der Waals surface area contributed by atoms with Crippen molar-refractivity contribution in [1.82, 2.24) is 15.6 Å².